The maximum Gasteiger partial charge on any atom is 0.222 e. The van der Waals surface area contributed by atoms with Gasteiger partial charge >= 0.3 is 0 Å². The fraction of sp³-hybridized carbons (Fsp3) is 0.733. The van der Waals surface area contributed by atoms with E-state index in [1.165, 1.54) is 0 Å². The van der Waals surface area contributed by atoms with E-state index in [1.54, 1.807) is 6.20 Å². The molecule has 3 heterocycles. The first-order valence-corrected chi connectivity index (χ1v) is 7.77. The normalized spacial score (nSPS) is 29.2. The molecule has 1 amide bonds. The van der Waals surface area contributed by atoms with E-state index in [9.17, 15) is 9.90 Å². The second-order valence-electron chi connectivity index (χ2n) is 6.01. The summed E-state index contributed by atoms with van der Waals surface area (Å²) >= 11 is 0. The number of nitrogens with zero attached hydrogens (tertiary/aromatic N) is 3. The molecule has 2 aliphatic rings. The van der Waals surface area contributed by atoms with Gasteiger partial charge in [0.05, 0.1) is 12.6 Å². The Morgan fingerprint density at radius 3 is 3.14 bits per heavy atom. The Hall–Kier alpha value is -1.40. The molecule has 21 heavy (non-hydrogen) atoms. The number of aromatic nitrogens is 2. The second kappa shape index (κ2) is 6.15. The van der Waals surface area contributed by atoms with E-state index in [1.807, 2.05) is 21.8 Å². The number of aliphatic hydroxyl groups excluding tert-OH is 1. The molecule has 1 aromatic heterocycles. The zero-order valence-corrected chi connectivity index (χ0v) is 12.3. The first kappa shape index (κ1) is 14.5. The highest BCUT2D eigenvalue weighted by Gasteiger charge is 2.46. The average Bonchev–Trinajstić information content (AvgIpc) is 3.14. The molecule has 6 nitrogen and oxygen atoms in total. The fourth-order valence-corrected chi connectivity index (χ4v) is 3.35. The molecule has 0 radical (unpaired) electrons. The minimum atomic E-state index is -0.504. The fourth-order valence-electron chi connectivity index (χ4n) is 3.35. The van der Waals surface area contributed by atoms with Gasteiger partial charge in [-0.25, -0.2) is 0 Å². The van der Waals surface area contributed by atoms with Gasteiger partial charge in [-0.05, 0) is 31.7 Å². The number of likely N-dealkylation sites (tertiary alicyclic amines) is 1. The Morgan fingerprint density at radius 1 is 1.52 bits per heavy atom. The van der Waals surface area contributed by atoms with Gasteiger partial charge in [-0.3, -0.25) is 9.48 Å². The third-order valence-corrected chi connectivity index (χ3v) is 4.56. The summed E-state index contributed by atoms with van der Waals surface area (Å²) in [6.07, 6.45) is 6.96. The van der Waals surface area contributed by atoms with Crippen LogP contribution in [0.25, 0.3) is 0 Å². The topological polar surface area (TPSA) is 67.6 Å². The molecule has 116 valence electrons. The summed E-state index contributed by atoms with van der Waals surface area (Å²) in [5, 5.41) is 14.3. The van der Waals surface area contributed by atoms with Gasteiger partial charge in [0.1, 0.15) is 5.60 Å². The maximum absolute atomic E-state index is 12.3. The number of carbonyl (C=O) groups excluding carboxylic acids is 1. The molecular formula is C15H23N3O3. The van der Waals surface area contributed by atoms with Crippen molar-refractivity contribution in [2.24, 2.45) is 0 Å². The number of carbonyl (C=O) groups is 1. The van der Waals surface area contributed by atoms with Crippen molar-refractivity contribution < 1.29 is 14.6 Å². The summed E-state index contributed by atoms with van der Waals surface area (Å²) in [7, 11) is 0. The molecular weight excluding hydrogens is 270 g/mol. The van der Waals surface area contributed by atoms with E-state index in [0.29, 0.717) is 32.5 Å². The molecule has 6 heteroatoms. The van der Waals surface area contributed by atoms with Crippen LogP contribution in [0.15, 0.2) is 18.5 Å². The van der Waals surface area contributed by atoms with Crippen LogP contribution in [-0.4, -0.2) is 57.1 Å². The van der Waals surface area contributed by atoms with E-state index >= 15 is 0 Å². The van der Waals surface area contributed by atoms with Crippen molar-refractivity contribution in [2.75, 3.05) is 19.7 Å². The predicted molar refractivity (Wildman–Crippen MR) is 76.6 cm³/mol. The van der Waals surface area contributed by atoms with Crippen molar-refractivity contribution in [3.05, 3.63) is 18.5 Å². The Bertz CT molecular complexity index is 469. The zero-order valence-electron chi connectivity index (χ0n) is 12.3. The summed E-state index contributed by atoms with van der Waals surface area (Å²) in [4.78, 5) is 14.2. The van der Waals surface area contributed by atoms with E-state index in [4.69, 9.17) is 4.74 Å². The number of piperidine rings is 1. The van der Waals surface area contributed by atoms with Crippen molar-refractivity contribution in [1.29, 1.82) is 0 Å². The van der Waals surface area contributed by atoms with E-state index < -0.39 is 11.7 Å². The van der Waals surface area contributed by atoms with Crippen LogP contribution >= 0.6 is 0 Å². The van der Waals surface area contributed by atoms with E-state index in [0.717, 1.165) is 25.8 Å². The van der Waals surface area contributed by atoms with Gasteiger partial charge in [0, 0.05) is 38.5 Å². The highest BCUT2D eigenvalue weighted by atomic mass is 16.5. The number of ether oxygens (including phenoxy) is 1. The Balaban J connectivity index is 1.50. The third kappa shape index (κ3) is 3.11. The largest absolute Gasteiger partial charge is 0.390 e. The van der Waals surface area contributed by atoms with Gasteiger partial charge < -0.3 is 14.7 Å². The molecule has 1 spiro atoms. The lowest BCUT2D eigenvalue weighted by Gasteiger charge is -2.43. The lowest BCUT2D eigenvalue weighted by molar-refractivity contribution is -0.155. The third-order valence-electron chi connectivity index (χ3n) is 4.56. The summed E-state index contributed by atoms with van der Waals surface area (Å²) in [6.45, 7) is 2.62. The van der Waals surface area contributed by atoms with Crippen LogP contribution in [0.1, 0.15) is 32.1 Å². The molecule has 2 saturated heterocycles. The molecule has 2 fully saturated rings. The Morgan fingerprint density at radius 2 is 2.43 bits per heavy atom. The number of amides is 1. The van der Waals surface area contributed by atoms with Gasteiger partial charge in [-0.2, -0.15) is 5.10 Å². The number of hydrogen-bond donors (Lipinski definition) is 1. The van der Waals surface area contributed by atoms with Crippen LogP contribution in [0, 0.1) is 0 Å². The quantitative estimate of drug-likeness (QED) is 0.892. The zero-order chi connectivity index (χ0) is 14.7. The van der Waals surface area contributed by atoms with Crippen molar-refractivity contribution >= 4 is 5.91 Å². The maximum atomic E-state index is 12.3. The number of aryl methyl sites for hydroxylation is 1. The average molecular weight is 293 g/mol. The van der Waals surface area contributed by atoms with E-state index in [2.05, 4.69) is 5.10 Å². The number of hydrogen-bond acceptors (Lipinski definition) is 4. The van der Waals surface area contributed by atoms with Crippen LogP contribution < -0.4 is 0 Å². The van der Waals surface area contributed by atoms with E-state index in [-0.39, 0.29) is 5.91 Å². The van der Waals surface area contributed by atoms with Crippen LogP contribution in [0.4, 0.5) is 0 Å². The Labute approximate surface area is 124 Å². The first-order chi connectivity index (χ1) is 10.2. The molecule has 0 unspecified atom stereocenters. The highest BCUT2D eigenvalue weighted by Crippen LogP contribution is 2.35. The molecule has 2 atom stereocenters. The summed E-state index contributed by atoms with van der Waals surface area (Å²) in [6, 6.07) is 1.88. The van der Waals surface area contributed by atoms with Crippen LogP contribution in [0.3, 0.4) is 0 Å². The van der Waals surface area contributed by atoms with Gasteiger partial charge in [-0.1, -0.05) is 0 Å². The Kier molecular flexibility index (Phi) is 4.26. The predicted octanol–water partition coefficient (Wildman–Crippen LogP) is 0.806. The molecule has 0 aliphatic carbocycles. The lowest BCUT2D eigenvalue weighted by Crippen LogP contribution is -2.57. The SMILES string of the molecule is O=C(CCCn1cccn1)N1CC[C@H](O)[C@]2(CCCO2)C1. The smallest absolute Gasteiger partial charge is 0.222 e. The van der Waals surface area contributed by atoms with Crippen molar-refractivity contribution in [3.63, 3.8) is 0 Å². The van der Waals surface area contributed by atoms with Crippen molar-refractivity contribution in [1.82, 2.24) is 14.7 Å². The highest BCUT2D eigenvalue weighted by molar-refractivity contribution is 5.76. The molecule has 0 aromatic carbocycles. The molecule has 1 aromatic rings. The number of rotatable bonds is 4. The lowest BCUT2D eigenvalue weighted by atomic mass is 9.87. The molecule has 2 aliphatic heterocycles. The minimum Gasteiger partial charge on any atom is -0.390 e. The first-order valence-electron chi connectivity index (χ1n) is 7.77. The van der Waals surface area contributed by atoms with Gasteiger partial charge in [0.2, 0.25) is 5.91 Å². The van der Waals surface area contributed by atoms with Gasteiger partial charge in [0.25, 0.3) is 0 Å². The van der Waals surface area contributed by atoms with Crippen molar-refractivity contribution in [2.45, 2.75) is 50.4 Å². The molecule has 3 rings (SSSR count). The van der Waals surface area contributed by atoms with Crippen molar-refractivity contribution in [3.8, 4) is 0 Å². The second-order valence-corrected chi connectivity index (χ2v) is 6.01. The van der Waals surface area contributed by atoms with Gasteiger partial charge in [-0.15, -0.1) is 0 Å². The minimum absolute atomic E-state index is 0.156. The summed E-state index contributed by atoms with van der Waals surface area (Å²) < 4.78 is 7.62. The van der Waals surface area contributed by atoms with Crippen LogP contribution in [0.5, 0.6) is 0 Å². The molecule has 1 N–H and O–H groups in total. The van der Waals surface area contributed by atoms with Gasteiger partial charge in [0.15, 0.2) is 0 Å². The summed E-state index contributed by atoms with van der Waals surface area (Å²) in [5.74, 6) is 0.156. The standard InChI is InChI=1S/C15H23N3O3/c19-13-5-10-17(12-15(13)6-2-11-21-15)14(20)4-1-8-18-9-3-7-16-18/h3,7,9,13,19H,1-2,4-6,8,10-12H2/t13-,15-/m0/s1. The summed E-state index contributed by atoms with van der Waals surface area (Å²) in [5.41, 5.74) is -0.504. The van der Waals surface area contributed by atoms with Crippen LogP contribution in [0.2, 0.25) is 0 Å². The molecule has 0 saturated carbocycles. The molecule has 0 bridgehead atoms. The number of aliphatic hydroxyl groups is 1. The monoisotopic (exact) mass is 293 g/mol. The van der Waals surface area contributed by atoms with Crippen LogP contribution in [-0.2, 0) is 16.1 Å².